The van der Waals surface area contributed by atoms with Crippen molar-refractivity contribution in [2.24, 2.45) is 5.92 Å². The third-order valence-corrected chi connectivity index (χ3v) is 8.02. The molecule has 0 aromatic heterocycles. The van der Waals surface area contributed by atoms with E-state index in [9.17, 15) is 14.9 Å². The van der Waals surface area contributed by atoms with Gasteiger partial charge in [0.05, 0.1) is 29.9 Å². The first-order valence-electron chi connectivity index (χ1n) is 12.8. The third kappa shape index (κ3) is 8.26. The highest BCUT2D eigenvalue weighted by Gasteiger charge is 2.41. The fourth-order valence-electron chi connectivity index (χ4n) is 4.54. The fourth-order valence-corrected chi connectivity index (χ4v) is 6.13. The molecule has 196 valence electrons. The number of hydrogen-bond donors (Lipinski definition) is 1. The molecule has 2 aliphatic heterocycles. The van der Waals surface area contributed by atoms with Crippen molar-refractivity contribution in [3.63, 3.8) is 0 Å². The minimum Gasteiger partial charge on any atom is -0.460 e. The lowest BCUT2D eigenvalue weighted by Crippen LogP contribution is -2.36. The molecule has 1 aromatic carbocycles. The van der Waals surface area contributed by atoms with Gasteiger partial charge in [-0.1, -0.05) is 24.8 Å². The molecule has 0 saturated carbocycles. The standard InChI is InChI=1S/C27H38N4O4S/c1-3-15-35-27(33)22(20-28)19-25-31(4-2)26(32)24(36-25)10-11-29-23-9-5-7-21(18-23)8-6-12-30-13-16-34-17-14-30/h3,5,7,9,18,22,24-25,29H,1,4,6,8,10-17,19H2,2H3. The van der Waals surface area contributed by atoms with E-state index < -0.39 is 11.9 Å². The molecule has 2 saturated heterocycles. The van der Waals surface area contributed by atoms with Crippen LogP contribution in [0.2, 0.25) is 0 Å². The summed E-state index contributed by atoms with van der Waals surface area (Å²) in [5.41, 5.74) is 2.37. The van der Waals surface area contributed by atoms with Gasteiger partial charge in [-0.15, -0.1) is 11.8 Å². The maximum Gasteiger partial charge on any atom is 0.323 e. The van der Waals surface area contributed by atoms with Gasteiger partial charge in [-0.3, -0.25) is 14.5 Å². The molecule has 1 N–H and O–H groups in total. The largest absolute Gasteiger partial charge is 0.460 e. The highest BCUT2D eigenvalue weighted by Crippen LogP contribution is 2.37. The van der Waals surface area contributed by atoms with Gasteiger partial charge >= 0.3 is 5.97 Å². The van der Waals surface area contributed by atoms with Gasteiger partial charge in [-0.2, -0.15) is 5.26 Å². The van der Waals surface area contributed by atoms with Crippen molar-refractivity contribution in [2.75, 3.05) is 57.9 Å². The van der Waals surface area contributed by atoms with Gasteiger partial charge in [-0.25, -0.2) is 0 Å². The smallest absolute Gasteiger partial charge is 0.323 e. The Kier molecular flexibility index (Phi) is 11.6. The monoisotopic (exact) mass is 514 g/mol. The summed E-state index contributed by atoms with van der Waals surface area (Å²) >= 11 is 1.54. The normalized spacial score (nSPS) is 21.1. The van der Waals surface area contributed by atoms with Crippen molar-refractivity contribution in [2.45, 2.75) is 43.2 Å². The van der Waals surface area contributed by atoms with Crippen molar-refractivity contribution in [1.82, 2.24) is 9.80 Å². The second-order valence-corrected chi connectivity index (χ2v) is 10.4. The zero-order valence-electron chi connectivity index (χ0n) is 21.2. The number of thioether (sulfide) groups is 1. The summed E-state index contributed by atoms with van der Waals surface area (Å²) in [6, 6.07) is 10.5. The average Bonchev–Trinajstić information content (AvgIpc) is 3.20. The number of nitrogens with one attached hydrogen (secondary N) is 1. The van der Waals surface area contributed by atoms with E-state index in [4.69, 9.17) is 9.47 Å². The number of nitrogens with zero attached hydrogens (tertiary/aromatic N) is 3. The molecule has 1 amide bonds. The number of amides is 1. The van der Waals surface area contributed by atoms with Gasteiger partial charge in [-0.05, 0) is 50.4 Å². The van der Waals surface area contributed by atoms with E-state index in [1.807, 2.05) is 13.0 Å². The molecule has 9 heteroatoms. The van der Waals surface area contributed by atoms with Crippen LogP contribution in [0.4, 0.5) is 5.69 Å². The molecule has 0 bridgehead atoms. The zero-order valence-corrected chi connectivity index (χ0v) is 22.0. The van der Waals surface area contributed by atoms with Crippen molar-refractivity contribution in [1.29, 1.82) is 5.26 Å². The number of hydrogen-bond acceptors (Lipinski definition) is 8. The quantitative estimate of drug-likeness (QED) is 0.299. The predicted molar refractivity (Wildman–Crippen MR) is 143 cm³/mol. The molecule has 2 aliphatic rings. The number of nitriles is 1. The lowest BCUT2D eigenvalue weighted by Gasteiger charge is -2.26. The molecule has 1 aromatic rings. The molecule has 2 heterocycles. The number of morpholine rings is 1. The summed E-state index contributed by atoms with van der Waals surface area (Å²) in [6.07, 6.45) is 4.58. The van der Waals surface area contributed by atoms with Crippen LogP contribution in [-0.2, 0) is 25.5 Å². The lowest BCUT2D eigenvalue weighted by atomic mass is 10.1. The number of anilines is 1. The summed E-state index contributed by atoms with van der Waals surface area (Å²) in [6.45, 7) is 11.5. The molecule has 36 heavy (non-hydrogen) atoms. The molecule has 3 unspecified atom stereocenters. The van der Waals surface area contributed by atoms with Crippen LogP contribution in [0.25, 0.3) is 0 Å². The topological polar surface area (TPSA) is 94.9 Å². The Morgan fingerprint density at radius 3 is 2.94 bits per heavy atom. The SMILES string of the molecule is C=CCOC(=O)C(C#N)CC1SC(CCNc2cccc(CCCN3CCOCC3)c2)C(=O)N1CC. The van der Waals surface area contributed by atoms with Crippen LogP contribution >= 0.6 is 11.8 Å². The zero-order chi connectivity index (χ0) is 25.8. The molecule has 2 fully saturated rings. The van der Waals surface area contributed by atoms with E-state index in [1.165, 1.54) is 11.6 Å². The van der Waals surface area contributed by atoms with Crippen LogP contribution in [0.5, 0.6) is 0 Å². The van der Waals surface area contributed by atoms with E-state index >= 15 is 0 Å². The van der Waals surface area contributed by atoms with E-state index in [0.717, 1.165) is 51.4 Å². The van der Waals surface area contributed by atoms with Crippen LogP contribution in [0.3, 0.4) is 0 Å². The molecule has 0 aliphatic carbocycles. The van der Waals surface area contributed by atoms with Gasteiger partial charge < -0.3 is 19.7 Å². The molecule has 0 spiro atoms. The second kappa shape index (κ2) is 14.9. The number of esters is 1. The Morgan fingerprint density at radius 1 is 1.42 bits per heavy atom. The van der Waals surface area contributed by atoms with Crippen molar-refractivity contribution >= 4 is 29.3 Å². The van der Waals surface area contributed by atoms with E-state index in [-0.39, 0.29) is 29.6 Å². The average molecular weight is 515 g/mol. The molecule has 3 atom stereocenters. The Bertz CT molecular complexity index is 915. The molecule has 3 rings (SSSR count). The first-order valence-corrected chi connectivity index (χ1v) is 13.8. The van der Waals surface area contributed by atoms with Crippen LogP contribution in [0.15, 0.2) is 36.9 Å². The second-order valence-electron chi connectivity index (χ2n) is 9.01. The van der Waals surface area contributed by atoms with Crippen molar-refractivity contribution in [3.8, 4) is 6.07 Å². The van der Waals surface area contributed by atoms with Gasteiger partial charge in [0.25, 0.3) is 0 Å². The van der Waals surface area contributed by atoms with Gasteiger partial charge in [0.2, 0.25) is 5.91 Å². The molecule has 8 nitrogen and oxygen atoms in total. The first-order chi connectivity index (χ1) is 17.5. The van der Waals surface area contributed by atoms with Crippen LogP contribution < -0.4 is 5.32 Å². The molecule has 0 radical (unpaired) electrons. The van der Waals surface area contributed by atoms with E-state index in [1.54, 1.807) is 16.7 Å². The summed E-state index contributed by atoms with van der Waals surface area (Å²) in [7, 11) is 0. The highest BCUT2D eigenvalue weighted by molar-refractivity contribution is 8.01. The number of ether oxygens (including phenoxy) is 2. The summed E-state index contributed by atoms with van der Waals surface area (Å²) < 4.78 is 10.5. The van der Waals surface area contributed by atoms with Crippen molar-refractivity contribution in [3.05, 3.63) is 42.5 Å². The van der Waals surface area contributed by atoms with Crippen LogP contribution in [0, 0.1) is 17.2 Å². The van der Waals surface area contributed by atoms with E-state index in [2.05, 4.69) is 41.1 Å². The molecular weight excluding hydrogens is 476 g/mol. The predicted octanol–water partition coefficient (Wildman–Crippen LogP) is 3.30. The van der Waals surface area contributed by atoms with E-state index in [0.29, 0.717) is 19.5 Å². The first kappa shape index (κ1) is 28.0. The summed E-state index contributed by atoms with van der Waals surface area (Å²) in [4.78, 5) is 29.3. The third-order valence-electron chi connectivity index (χ3n) is 6.50. The number of carbonyl (C=O) groups excluding carboxylic acids is 2. The number of carbonyl (C=O) groups is 2. The van der Waals surface area contributed by atoms with Gasteiger partial charge in [0.15, 0.2) is 0 Å². The highest BCUT2D eigenvalue weighted by atomic mass is 32.2. The number of benzene rings is 1. The fraction of sp³-hybridized carbons (Fsp3) is 0.593. The summed E-state index contributed by atoms with van der Waals surface area (Å²) in [5.74, 6) is -1.38. The maximum atomic E-state index is 13.0. The maximum absolute atomic E-state index is 13.0. The van der Waals surface area contributed by atoms with Crippen LogP contribution in [0.1, 0.15) is 31.7 Å². The van der Waals surface area contributed by atoms with Gasteiger partial charge in [0, 0.05) is 38.3 Å². The number of aryl methyl sites for hydroxylation is 1. The van der Waals surface area contributed by atoms with Crippen LogP contribution in [-0.4, -0.2) is 84.8 Å². The van der Waals surface area contributed by atoms with Gasteiger partial charge in [0.1, 0.15) is 12.5 Å². The molecular formula is C27H38N4O4S. The van der Waals surface area contributed by atoms with Crippen molar-refractivity contribution < 1.29 is 19.1 Å². The minimum atomic E-state index is -0.896. The Labute approximate surface area is 219 Å². The Balaban J connectivity index is 1.45. The Morgan fingerprint density at radius 2 is 2.22 bits per heavy atom. The number of rotatable bonds is 14. The lowest BCUT2D eigenvalue weighted by molar-refractivity contribution is -0.146. The minimum absolute atomic E-state index is 0.0716. The summed E-state index contributed by atoms with van der Waals surface area (Å²) in [5, 5.41) is 12.5. The Hall–Kier alpha value is -2.54.